The number of aromatic nitrogens is 5. The van der Waals surface area contributed by atoms with E-state index in [1.807, 2.05) is 19.2 Å². The minimum absolute atomic E-state index is 0.0159. The van der Waals surface area contributed by atoms with Gasteiger partial charge in [-0.2, -0.15) is 4.98 Å². The Hall–Kier alpha value is -3.19. The highest BCUT2D eigenvalue weighted by atomic mass is 32.2. The van der Waals surface area contributed by atoms with E-state index in [1.165, 1.54) is 19.5 Å². The Bertz CT molecular complexity index is 1490. The molecule has 210 valence electrons. The molecule has 3 aromatic heterocycles. The molecule has 0 aromatic carbocycles. The molecule has 0 unspecified atom stereocenters. The number of anilines is 4. The fraction of sp³-hybridized carbons (Fsp3) is 0.577. The SMILES string of the molecule is CC(C)c1ncc(N2C[C@@H](CS(C)(=O)=O)[C@@H]2C)c2cnc(Nc3ncnc(N4CC[C@@H](O)[C@@](C)(F)C4)n3)cc12. The first kappa shape index (κ1) is 27.4. The molecule has 4 atom stereocenters. The summed E-state index contributed by atoms with van der Waals surface area (Å²) < 4.78 is 38.3. The van der Waals surface area contributed by atoms with Crippen molar-refractivity contribution >= 4 is 44.0 Å². The first-order chi connectivity index (χ1) is 18.3. The predicted molar refractivity (Wildman–Crippen MR) is 149 cm³/mol. The second kappa shape index (κ2) is 10.1. The molecule has 5 heterocycles. The zero-order chi connectivity index (χ0) is 28.1. The van der Waals surface area contributed by atoms with Gasteiger partial charge in [0, 0.05) is 48.3 Å². The molecule has 0 saturated carbocycles. The lowest BCUT2D eigenvalue weighted by molar-refractivity contribution is -0.00860. The average Bonchev–Trinajstić information content (AvgIpc) is 2.86. The molecule has 2 N–H and O–H groups in total. The van der Waals surface area contributed by atoms with Gasteiger partial charge in [-0.05, 0) is 32.3 Å². The minimum Gasteiger partial charge on any atom is -0.390 e. The Balaban J connectivity index is 1.41. The van der Waals surface area contributed by atoms with Crippen molar-refractivity contribution in [1.82, 2.24) is 24.9 Å². The quantitative estimate of drug-likeness (QED) is 0.443. The average molecular weight is 559 g/mol. The molecular weight excluding hydrogens is 523 g/mol. The lowest BCUT2D eigenvalue weighted by Crippen LogP contribution is -2.57. The molecule has 2 saturated heterocycles. The maximum Gasteiger partial charge on any atom is 0.233 e. The van der Waals surface area contributed by atoms with Gasteiger partial charge in [0.25, 0.3) is 0 Å². The van der Waals surface area contributed by atoms with Crippen LogP contribution >= 0.6 is 0 Å². The molecule has 5 rings (SSSR count). The summed E-state index contributed by atoms with van der Waals surface area (Å²) in [7, 11) is -3.05. The van der Waals surface area contributed by atoms with Crippen LogP contribution in [0.3, 0.4) is 0 Å². The van der Waals surface area contributed by atoms with Gasteiger partial charge in [0.05, 0.1) is 36.0 Å². The van der Waals surface area contributed by atoms with Crippen molar-refractivity contribution in [2.75, 3.05) is 46.8 Å². The largest absolute Gasteiger partial charge is 0.390 e. The van der Waals surface area contributed by atoms with Crippen LogP contribution in [0.1, 0.15) is 45.7 Å². The number of alkyl halides is 1. The molecular formula is C26H35FN8O3S. The maximum atomic E-state index is 14.7. The number of fused-ring (bicyclic) bond motifs is 1. The summed E-state index contributed by atoms with van der Waals surface area (Å²) in [5.41, 5.74) is 0.0926. The molecule has 2 fully saturated rings. The second-order valence-corrected chi connectivity index (χ2v) is 13.5. The number of hydrogen-bond acceptors (Lipinski definition) is 11. The molecule has 0 amide bonds. The molecule has 0 spiro atoms. The van der Waals surface area contributed by atoms with Crippen molar-refractivity contribution in [1.29, 1.82) is 0 Å². The number of pyridine rings is 2. The summed E-state index contributed by atoms with van der Waals surface area (Å²) in [6.45, 7) is 8.64. The number of rotatable bonds is 7. The van der Waals surface area contributed by atoms with Crippen molar-refractivity contribution in [3.63, 3.8) is 0 Å². The smallest absolute Gasteiger partial charge is 0.233 e. The van der Waals surface area contributed by atoms with Crippen molar-refractivity contribution in [3.8, 4) is 0 Å². The fourth-order valence-electron chi connectivity index (χ4n) is 5.41. The number of aliphatic hydroxyl groups is 1. The van der Waals surface area contributed by atoms with Crippen LogP contribution in [0.2, 0.25) is 0 Å². The van der Waals surface area contributed by atoms with Gasteiger partial charge in [-0.3, -0.25) is 4.98 Å². The highest BCUT2D eigenvalue weighted by molar-refractivity contribution is 7.90. The third-order valence-corrected chi connectivity index (χ3v) is 8.74. The van der Waals surface area contributed by atoms with E-state index in [0.29, 0.717) is 24.9 Å². The first-order valence-corrected chi connectivity index (χ1v) is 15.2. The van der Waals surface area contributed by atoms with Crippen LogP contribution in [0, 0.1) is 5.92 Å². The van der Waals surface area contributed by atoms with E-state index in [0.717, 1.165) is 22.2 Å². The van der Waals surface area contributed by atoms with Gasteiger partial charge in [-0.25, -0.2) is 27.8 Å². The molecule has 0 bridgehead atoms. The van der Waals surface area contributed by atoms with Crippen LogP contribution in [0.25, 0.3) is 10.8 Å². The molecule has 3 aromatic rings. The van der Waals surface area contributed by atoms with Crippen LogP contribution in [-0.4, -0.2) is 87.9 Å². The summed E-state index contributed by atoms with van der Waals surface area (Å²) >= 11 is 0. The Morgan fingerprint density at radius 1 is 1.21 bits per heavy atom. The third-order valence-electron chi connectivity index (χ3n) is 7.71. The summed E-state index contributed by atoms with van der Waals surface area (Å²) in [4.78, 5) is 26.1. The van der Waals surface area contributed by atoms with Gasteiger partial charge >= 0.3 is 0 Å². The number of hydrogen-bond donors (Lipinski definition) is 2. The molecule has 11 nitrogen and oxygen atoms in total. The van der Waals surface area contributed by atoms with Crippen molar-refractivity contribution in [2.45, 2.75) is 57.8 Å². The van der Waals surface area contributed by atoms with E-state index in [2.05, 4.69) is 44.0 Å². The number of sulfone groups is 1. The topological polar surface area (TPSA) is 137 Å². The first-order valence-electron chi connectivity index (χ1n) is 13.1. The van der Waals surface area contributed by atoms with E-state index in [4.69, 9.17) is 4.98 Å². The zero-order valence-electron chi connectivity index (χ0n) is 22.8. The van der Waals surface area contributed by atoms with Crippen molar-refractivity contribution in [2.24, 2.45) is 5.92 Å². The Morgan fingerprint density at radius 3 is 2.64 bits per heavy atom. The van der Waals surface area contributed by atoms with Gasteiger partial charge in [0.2, 0.25) is 11.9 Å². The van der Waals surface area contributed by atoms with Crippen LogP contribution in [-0.2, 0) is 9.84 Å². The van der Waals surface area contributed by atoms with Crippen LogP contribution in [0.4, 0.5) is 27.8 Å². The second-order valence-electron chi connectivity index (χ2n) is 11.3. The zero-order valence-corrected chi connectivity index (χ0v) is 23.7. The molecule has 2 aliphatic heterocycles. The Morgan fingerprint density at radius 2 is 1.97 bits per heavy atom. The highest BCUT2D eigenvalue weighted by Crippen LogP contribution is 2.38. The van der Waals surface area contributed by atoms with Crippen LogP contribution in [0.5, 0.6) is 0 Å². The van der Waals surface area contributed by atoms with Gasteiger partial charge in [-0.1, -0.05) is 13.8 Å². The minimum atomic E-state index is -3.05. The maximum absolute atomic E-state index is 14.7. The van der Waals surface area contributed by atoms with Crippen LogP contribution in [0.15, 0.2) is 24.8 Å². The summed E-state index contributed by atoms with van der Waals surface area (Å²) in [5.74, 6) is 1.53. The summed E-state index contributed by atoms with van der Waals surface area (Å²) in [6, 6.07) is 1.98. The molecule has 2 aliphatic rings. The van der Waals surface area contributed by atoms with Crippen molar-refractivity contribution in [3.05, 3.63) is 30.5 Å². The third kappa shape index (κ3) is 5.60. The Kier molecular flexibility index (Phi) is 7.08. The van der Waals surface area contributed by atoms with Gasteiger partial charge in [-0.15, -0.1) is 0 Å². The normalized spacial score (nSPS) is 25.7. The fourth-order valence-corrected chi connectivity index (χ4v) is 6.57. The molecule has 0 radical (unpaired) electrons. The van der Waals surface area contributed by atoms with E-state index in [-0.39, 0.29) is 42.5 Å². The van der Waals surface area contributed by atoms with Crippen molar-refractivity contribution < 1.29 is 17.9 Å². The molecule has 39 heavy (non-hydrogen) atoms. The number of aliphatic hydroxyl groups excluding tert-OH is 1. The predicted octanol–water partition coefficient (Wildman–Crippen LogP) is 2.85. The van der Waals surface area contributed by atoms with E-state index >= 15 is 0 Å². The number of nitrogens with zero attached hydrogens (tertiary/aromatic N) is 7. The molecule has 13 heteroatoms. The van der Waals surface area contributed by atoms with E-state index in [9.17, 15) is 17.9 Å². The molecule has 0 aliphatic carbocycles. The lowest BCUT2D eigenvalue weighted by Gasteiger charge is -2.48. The monoisotopic (exact) mass is 558 g/mol. The number of halogens is 1. The van der Waals surface area contributed by atoms with Gasteiger partial charge < -0.3 is 20.2 Å². The Labute approximate surface area is 227 Å². The van der Waals surface area contributed by atoms with Gasteiger partial charge in [0.15, 0.2) is 5.67 Å². The van der Waals surface area contributed by atoms with E-state index < -0.39 is 21.6 Å². The number of nitrogens with one attached hydrogen (secondary N) is 1. The van der Waals surface area contributed by atoms with Gasteiger partial charge in [0.1, 0.15) is 22.0 Å². The summed E-state index contributed by atoms with van der Waals surface area (Å²) in [6.07, 6.45) is 5.55. The highest BCUT2D eigenvalue weighted by Gasteiger charge is 2.40. The van der Waals surface area contributed by atoms with Crippen LogP contribution < -0.4 is 15.1 Å². The summed E-state index contributed by atoms with van der Waals surface area (Å²) in [5, 5.41) is 15.0. The number of piperidine rings is 1. The standard InChI is InChI=1S/C26H35FN8O3S/c1-15(2)23-18-8-22(32-24-30-14-31-25(33-24)34-7-6-21(36)26(4,27)13-34)28-9-19(18)20(10-29-23)35-11-17(16(35)3)12-39(5,37)38/h8-10,14-17,21,36H,6-7,11-13H2,1-5H3,(H,28,30,31,32,33)/t16-,17-,21+,26-/m0/s1. The van der Waals surface area contributed by atoms with E-state index in [1.54, 1.807) is 11.1 Å². The lowest BCUT2D eigenvalue weighted by atomic mass is 9.90.